The van der Waals surface area contributed by atoms with Gasteiger partial charge in [-0.25, -0.2) is 0 Å². The molecule has 1 N–H and O–H groups in total. The van der Waals surface area contributed by atoms with Crippen LogP contribution in [0.1, 0.15) is 43.4 Å². The standard InChI is InChI=1S/C18H29NO2/c1-13(2)9-19-10-17-7-14(3)18(15(4)8-17)21-12-20-11-16-5-6-16/h7-8,13,16,19H,5-6,9-12H2,1-4H3. The molecule has 0 spiro atoms. The molecule has 1 aliphatic rings. The Bertz CT molecular complexity index is 430. The van der Waals surface area contributed by atoms with Crippen molar-refractivity contribution in [3.05, 3.63) is 28.8 Å². The highest BCUT2D eigenvalue weighted by Crippen LogP contribution is 2.29. The highest BCUT2D eigenvalue weighted by molar-refractivity contribution is 5.43. The zero-order valence-corrected chi connectivity index (χ0v) is 13.9. The third-order valence-corrected chi connectivity index (χ3v) is 3.74. The lowest BCUT2D eigenvalue weighted by atomic mass is 10.1. The first-order chi connectivity index (χ1) is 10.1. The predicted octanol–water partition coefficient (Wildman–Crippen LogP) is 3.81. The molecule has 0 heterocycles. The largest absolute Gasteiger partial charge is 0.467 e. The van der Waals surface area contributed by atoms with Gasteiger partial charge in [0.05, 0.1) is 6.61 Å². The highest BCUT2D eigenvalue weighted by atomic mass is 16.7. The van der Waals surface area contributed by atoms with Crippen LogP contribution in [0.5, 0.6) is 5.75 Å². The molecule has 0 aromatic heterocycles. The van der Waals surface area contributed by atoms with Crippen LogP contribution >= 0.6 is 0 Å². The van der Waals surface area contributed by atoms with E-state index in [9.17, 15) is 0 Å². The molecule has 1 saturated carbocycles. The van der Waals surface area contributed by atoms with Gasteiger partial charge in [-0.1, -0.05) is 26.0 Å². The molecule has 1 aromatic rings. The second-order valence-corrected chi connectivity index (χ2v) is 6.66. The molecule has 1 aromatic carbocycles. The average molecular weight is 291 g/mol. The second kappa shape index (κ2) is 7.81. The van der Waals surface area contributed by atoms with Crippen LogP contribution in [0.25, 0.3) is 0 Å². The Balaban J connectivity index is 1.83. The first kappa shape index (κ1) is 16.3. The molecule has 0 amide bonds. The Morgan fingerprint density at radius 1 is 1.19 bits per heavy atom. The molecule has 3 heteroatoms. The summed E-state index contributed by atoms with van der Waals surface area (Å²) in [4.78, 5) is 0. The summed E-state index contributed by atoms with van der Waals surface area (Å²) in [5, 5.41) is 3.48. The van der Waals surface area contributed by atoms with E-state index in [-0.39, 0.29) is 0 Å². The summed E-state index contributed by atoms with van der Waals surface area (Å²) in [6.07, 6.45) is 2.63. The average Bonchev–Trinajstić information content (AvgIpc) is 3.20. The van der Waals surface area contributed by atoms with E-state index in [1.165, 1.54) is 29.5 Å². The van der Waals surface area contributed by atoms with Gasteiger partial charge in [0.1, 0.15) is 5.75 Å². The molecule has 0 saturated heterocycles. The van der Waals surface area contributed by atoms with Crippen LogP contribution in [0, 0.1) is 25.7 Å². The van der Waals surface area contributed by atoms with Crippen LogP contribution in [0.3, 0.4) is 0 Å². The van der Waals surface area contributed by atoms with Gasteiger partial charge in [-0.2, -0.15) is 0 Å². The number of ether oxygens (including phenoxy) is 2. The van der Waals surface area contributed by atoms with Gasteiger partial charge in [-0.15, -0.1) is 0 Å². The van der Waals surface area contributed by atoms with Gasteiger partial charge in [0.15, 0.2) is 6.79 Å². The molecule has 21 heavy (non-hydrogen) atoms. The van der Waals surface area contributed by atoms with Gasteiger partial charge in [0.25, 0.3) is 0 Å². The van der Waals surface area contributed by atoms with Crippen LogP contribution in [-0.2, 0) is 11.3 Å². The van der Waals surface area contributed by atoms with Crippen molar-refractivity contribution in [3.8, 4) is 5.75 Å². The Morgan fingerprint density at radius 3 is 2.43 bits per heavy atom. The van der Waals surface area contributed by atoms with Crippen LogP contribution in [0.4, 0.5) is 0 Å². The fourth-order valence-electron chi connectivity index (χ4n) is 2.47. The molecular formula is C18H29NO2. The Hall–Kier alpha value is -1.06. The third kappa shape index (κ3) is 5.68. The maximum absolute atomic E-state index is 5.80. The lowest BCUT2D eigenvalue weighted by Gasteiger charge is -2.15. The van der Waals surface area contributed by atoms with Crippen LogP contribution in [0.15, 0.2) is 12.1 Å². The van der Waals surface area contributed by atoms with E-state index in [1.54, 1.807) is 0 Å². The van der Waals surface area contributed by atoms with E-state index in [0.29, 0.717) is 12.7 Å². The van der Waals surface area contributed by atoms with E-state index >= 15 is 0 Å². The van der Waals surface area contributed by atoms with Gasteiger partial charge in [0.2, 0.25) is 0 Å². The van der Waals surface area contributed by atoms with Crippen molar-refractivity contribution in [1.29, 1.82) is 0 Å². The lowest BCUT2D eigenvalue weighted by Crippen LogP contribution is -2.19. The summed E-state index contributed by atoms with van der Waals surface area (Å²) >= 11 is 0. The molecule has 0 unspecified atom stereocenters. The summed E-state index contributed by atoms with van der Waals surface area (Å²) in [6.45, 7) is 11.8. The quantitative estimate of drug-likeness (QED) is 0.554. The Morgan fingerprint density at radius 2 is 1.86 bits per heavy atom. The van der Waals surface area contributed by atoms with Crippen molar-refractivity contribution in [2.45, 2.75) is 47.1 Å². The predicted molar refractivity (Wildman–Crippen MR) is 86.6 cm³/mol. The maximum atomic E-state index is 5.80. The van der Waals surface area contributed by atoms with Crippen LogP contribution in [-0.4, -0.2) is 19.9 Å². The summed E-state index contributed by atoms with van der Waals surface area (Å²) in [5.41, 5.74) is 3.69. The number of aryl methyl sites for hydroxylation is 2. The molecule has 3 nitrogen and oxygen atoms in total. The fraction of sp³-hybridized carbons (Fsp3) is 0.667. The molecule has 1 fully saturated rings. The van der Waals surface area contributed by atoms with Crippen molar-refractivity contribution in [3.63, 3.8) is 0 Å². The Kier molecular flexibility index (Phi) is 6.07. The second-order valence-electron chi connectivity index (χ2n) is 6.66. The van der Waals surface area contributed by atoms with E-state index in [4.69, 9.17) is 9.47 Å². The molecular weight excluding hydrogens is 262 g/mol. The molecule has 0 radical (unpaired) electrons. The lowest BCUT2D eigenvalue weighted by molar-refractivity contribution is 0.00922. The smallest absolute Gasteiger partial charge is 0.189 e. The van der Waals surface area contributed by atoms with Crippen molar-refractivity contribution >= 4 is 0 Å². The van der Waals surface area contributed by atoms with Crippen LogP contribution < -0.4 is 10.1 Å². The minimum absolute atomic E-state index is 0.364. The minimum Gasteiger partial charge on any atom is -0.467 e. The highest BCUT2D eigenvalue weighted by Gasteiger charge is 2.21. The summed E-state index contributed by atoms with van der Waals surface area (Å²) in [6, 6.07) is 4.41. The van der Waals surface area contributed by atoms with Gasteiger partial charge in [-0.3, -0.25) is 0 Å². The summed E-state index contributed by atoms with van der Waals surface area (Å²) in [7, 11) is 0. The van der Waals surface area contributed by atoms with E-state index in [1.807, 2.05) is 0 Å². The summed E-state index contributed by atoms with van der Waals surface area (Å²) in [5.74, 6) is 2.43. The van der Waals surface area contributed by atoms with Crippen molar-refractivity contribution in [2.24, 2.45) is 11.8 Å². The third-order valence-electron chi connectivity index (χ3n) is 3.74. The molecule has 0 atom stereocenters. The first-order valence-corrected chi connectivity index (χ1v) is 8.07. The monoisotopic (exact) mass is 291 g/mol. The SMILES string of the molecule is Cc1cc(CNCC(C)C)cc(C)c1OCOCC1CC1. The topological polar surface area (TPSA) is 30.5 Å². The van der Waals surface area contributed by atoms with Gasteiger partial charge >= 0.3 is 0 Å². The number of rotatable bonds is 9. The molecule has 2 rings (SSSR count). The van der Waals surface area contributed by atoms with Gasteiger partial charge < -0.3 is 14.8 Å². The molecule has 0 bridgehead atoms. The Labute approximate surface area is 129 Å². The molecule has 0 aliphatic heterocycles. The number of benzene rings is 1. The van der Waals surface area contributed by atoms with Crippen molar-refractivity contribution in [2.75, 3.05) is 19.9 Å². The normalized spacial score (nSPS) is 14.7. The fourth-order valence-corrected chi connectivity index (χ4v) is 2.47. The van der Waals surface area contributed by atoms with Gasteiger partial charge in [-0.05, 0) is 61.8 Å². The van der Waals surface area contributed by atoms with Gasteiger partial charge in [0, 0.05) is 6.54 Å². The minimum atomic E-state index is 0.364. The van der Waals surface area contributed by atoms with E-state index in [2.05, 4.69) is 45.1 Å². The summed E-state index contributed by atoms with van der Waals surface area (Å²) < 4.78 is 11.4. The zero-order valence-electron chi connectivity index (χ0n) is 13.9. The first-order valence-electron chi connectivity index (χ1n) is 8.07. The van der Waals surface area contributed by atoms with Crippen LogP contribution in [0.2, 0.25) is 0 Å². The molecule has 1 aliphatic carbocycles. The van der Waals surface area contributed by atoms with Crippen molar-refractivity contribution in [1.82, 2.24) is 5.32 Å². The van der Waals surface area contributed by atoms with E-state index in [0.717, 1.165) is 31.4 Å². The number of hydrogen-bond donors (Lipinski definition) is 1. The molecule has 118 valence electrons. The zero-order chi connectivity index (χ0) is 15.2. The van der Waals surface area contributed by atoms with Crippen molar-refractivity contribution < 1.29 is 9.47 Å². The number of hydrogen-bond acceptors (Lipinski definition) is 3. The van der Waals surface area contributed by atoms with E-state index < -0.39 is 0 Å². The maximum Gasteiger partial charge on any atom is 0.189 e. The number of nitrogens with one attached hydrogen (secondary N) is 1.